The summed E-state index contributed by atoms with van der Waals surface area (Å²) >= 11 is 0. The highest BCUT2D eigenvalue weighted by atomic mass is 16.6. The van der Waals surface area contributed by atoms with E-state index in [0.29, 0.717) is 6.54 Å². The molecule has 0 saturated heterocycles. The molecule has 0 aliphatic rings. The Balaban J connectivity index is 1.87. The molecular formula is C19H22N4O4. The minimum Gasteiger partial charge on any atom is -0.353 e. The van der Waals surface area contributed by atoms with E-state index >= 15 is 0 Å². The summed E-state index contributed by atoms with van der Waals surface area (Å²) < 4.78 is 0. The molecule has 142 valence electrons. The van der Waals surface area contributed by atoms with E-state index in [0.717, 1.165) is 5.56 Å². The monoisotopic (exact) mass is 370 g/mol. The SMILES string of the molecule is CN(C)C(CNC(=O)CNC(=O)c1cccc([N+](=O)[O-])c1)c1ccccc1. The summed E-state index contributed by atoms with van der Waals surface area (Å²) in [7, 11) is 3.85. The molecule has 0 heterocycles. The molecule has 0 saturated carbocycles. The summed E-state index contributed by atoms with van der Waals surface area (Å²) in [6.07, 6.45) is 0. The van der Waals surface area contributed by atoms with Crippen molar-refractivity contribution in [2.75, 3.05) is 27.2 Å². The molecule has 2 amide bonds. The first-order chi connectivity index (χ1) is 12.9. The van der Waals surface area contributed by atoms with Crippen LogP contribution in [-0.4, -0.2) is 48.8 Å². The number of rotatable bonds is 8. The third-order valence-corrected chi connectivity index (χ3v) is 4.03. The Labute approximate surface area is 157 Å². The van der Waals surface area contributed by atoms with E-state index in [1.165, 1.54) is 24.3 Å². The van der Waals surface area contributed by atoms with Crippen LogP contribution in [0.1, 0.15) is 22.0 Å². The number of carbonyl (C=O) groups excluding carboxylic acids is 2. The van der Waals surface area contributed by atoms with E-state index in [1.54, 1.807) is 0 Å². The van der Waals surface area contributed by atoms with Crippen LogP contribution in [0.5, 0.6) is 0 Å². The van der Waals surface area contributed by atoms with Gasteiger partial charge in [0.05, 0.1) is 17.5 Å². The highest BCUT2D eigenvalue weighted by Crippen LogP contribution is 2.16. The van der Waals surface area contributed by atoms with Gasteiger partial charge in [-0.15, -0.1) is 0 Å². The Hall–Kier alpha value is -3.26. The second kappa shape index (κ2) is 9.44. The number of nitro groups is 1. The van der Waals surface area contributed by atoms with E-state index in [9.17, 15) is 19.7 Å². The van der Waals surface area contributed by atoms with Gasteiger partial charge in [0.15, 0.2) is 0 Å². The lowest BCUT2D eigenvalue weighted by Crippen LogP contribution is -2.40. The maximum Gasteiger partial charge on any atom is 0.270 e. The van der Waals surface area contributed by atoms with Gasteiger partial charge >= 0.3 is 0 Å². The van der Waals surface area contributed by atoms with Crippen LogP contribution in [0.25, 0.3) is 0 Å². The standard InChI is InChI=1S/C19H22N4O4/c1-22(2)17(14-7-4-3-5-8-14)12-20-18(24)13-21-19(25)15-9-6-10-16(11-15)23(26)27/h3-11,17H,12-13H2,1-2H3,(H,20,24)(H,21,25). The van der Waals surface area contributed by atoms with E-state index in [4.69, 9.17) is 0 Å². The molecule has 1 unspecified atom stereocenters. The van der Waals surface area contributed by atoms with Crippen molar-refractivity contribution in [2.24, 2.45) is 0 Å². The van der Waals surface area contributed by atoms with Crippen molar-refractivity contribution in [1.29, 1.82) is 0 Å². The highest BCUT2D eigenvalue weighted by Gasteiger charge is 2.16. The molecule has 0 aliphatic heterocycles. The second-order valence-corrected chi connectivity index (χ2v) is 6.18. The Kier molecular flexibility index (Phi) is 7.01. The number of hydrogen-bond acceptors (Lipinski definition) is 5. The predicted octanol–water partition coefficient (Wildman–Crippen LogP) is 1.74. The minimum atomic E-state index is -0.575. The van der Waals surface area contributed by atoms with Crippen LogP contribution in [-0.2, 0) is 4.79 Å². The van der Waals surface area contributed by atoms with E-state index < -0.39 is 10.8 Å². The molecule has 1 atom stereocenters. The van der Waals surface area contributed by atoms with Gasteiger partial charge in [0.2, 0.25) is 5.91 Å². The predicted molar refractivity (Wildman–Crippen MR) is 101 cm³/mol. The van der Waals surface area contributed by atoms with Gasteiger partial charge in [0.25, 0.3) is 11.6 Å². The zero-order chi connectivity index (χ0) is 19.8. The summed E-state index contributed by atoms with van der Waals surface area (Å²) in [6.45, 7) is 0.180. The Morgan fingerprint density at radius 1 is 1.07 bits per heavy atom. The number of hydrogen-bond donors (Lipinski definition) is 2. The number of benzene rings is 2. The average molecular weight is 370 g/mol. The molecule has 0 fully saturated rings. The van der Waals surface area contributed by atoms with Gasteiger partial charge in [-0.2, -0.15) is 0 Å². The number of nitrogens with zero attached hydrogens (tertiary/aromatic N) is 2. The Bertz CT molecular complexity index is 808. The highest BCUT2D eigenvalue weighted by molar-refractivity contribution is 5.96. The molecule has 0 spiro atoms. The lowest BCUT2D eigenvalue weighted by Gasteiger charge is -2.25. The van der Waals surface area contributed by atoms with Gasteiger partial charge in [-0.05, 0) is 25.7 Å². The summed E-state index contributed by atoms with van der Waals surface area (Å²) in [5.41, 5.74) is 1.03. The van der Waals surface area contributed by atoms with E-state index in [2.05, 4.69) is 10.6 Å². The number of nitro benzene ring substituents is 1. The molecule has 2 aromatic rings. The van der Waals surface area contributed by atoms with Crippen LogP contribution < -0.4 is 10.6 Å². The molecule has 8 nitrogen and oxygen atoms in total. The lowest BCUT2D eigenvalue weighted by molar-refractivity contribution is -0.384. The molecule has 8 heteroatoms. The van der Waals surface area contributed by atoms with E-state index in [1.807, 2.05) is 49.3 Å². The summed E-state index contributed by atoms with van der Waals surface area (Å²) in [4.78, 5) is 36.3. The molecular weight excluding hydrogens is 348 g/mol. The first kappa shape index (κ1) is 20.1. The number of amides is 2. The normalized spacial score (nSPS) is 11.7. The van der Waals surface area contributed by atoms with Crippen molar-refractivity contribution in [3.05, 3.63) is 75.8 Å². The van der Waals surface area contributed by atoms with Gasteiger partial charge < -0.3 is 15.5 Å². The number of nitrogens with one attached hydrogen (secondary N) is 2. The molecule has 0 aromatic heterocycles. The quantitative estimate of drug-likeness (QED) is 0.544. The molecule has 0 radical (unpaired) electrons. The number of likely N-dealkylation sites (N-methyl/N-ethyl adjacent to an activating group) is 1. The topological polar surface area (TPSA) is 105 Å². The van der Waals surface area contributed by atoms with Crippen LogP contribution in [0.4, 0.5) is 5.69 Å². The Morgan fingerprint density at radius 3 is 2.41 bits per heavy atom. The van der Waals surface area contributed by atoms with Gasteiger partial charge in [-0.3, -0.25) is 19.7 Å². The Morgan fingerprint density at radius 2 is 1.78 bits per heavy atom. The third kappa shape index (κ3) is 5.89. The first-order valence-corrected chi connectivity index (χ1v) is 8.39. The fourth-order valence-corrected chi connectivity index (χ4v) is 2.57. The largest absolute Gasteiger partial charge is 0.353 e. The van der Waals surface area contributed by atoms with Gasteiger partial charge in [0, 0.05) is 24.2 Å². The molecule has 2 N–H and O–H groups in total. The molecule has 0 aliphatic carbocycles. The van der Waals surface area contributed by atoms with Crippen LogP contribution in [0.2, 0.25) is 0 Å². The smallest absolute Gasteiger partial charge is 0.270 e. The van der Waals surface area contributed by atoms with Gasteiger partial charge in [0.1, 0.15) is 0 Å². The zero-order valence-electron chi connectivity index (χ0n) is 15.2. The van der Waals surface area contributed by atoms with Gasteiger partial charge in [-0.1, -0.05) is 36.4 Å². The van der Waals surface area contributed by atoms with Gasteiger partial charge in [-0.25, -0.2) is 0 Å². The van der Waals surface area contributed by atoms with Crippen LogP contribution >= 0.6 is 0 Å². The fourth-order valence-electron chi connectivity index (χ4n) is 2.57. The maximum absolute atomic E-state index is 12.1. The van der Waals surface area contributed by atoms with Crippen molar-refractivity contribution in [1.82, 2.24) is 15.5 Å². The summed E-state index contributed by atoms with van der Waals surface area (Å²) in [5, 5.41) is 16.0. The second-order valence-electron chi connectivity index (χ2n) is 6.18. The van der Waals surface area contributed by atoms with Crippen LogP contribution in [0.3, 0.4) is 0 Å². The lowest BCUT2D eigenvalue weighted by atomic mass is 10.1. The average Bonchev–Trinajstić information content (AvgIpc) is 2.67. The van der Waals surface area contributed by atoms with Crippen molar-refractivity contribution >= 4 is 17.5 Å². The molecule has 0 bridgehead atoms. The van der Waals surface area contributed by atoms with E-state index in [-0.39, 0.29) is 29.7 Å². The van der Waals surface area contributed by atoms with Crippen molar-refractivity contribution in [3.8, 4) is 0 Å². The minimum absolute atomic E-state index is 0.00243. The fraction of sp³-hybridized carbons (Fsp3) is 0.263. The number of non-ortho nitro benzene ring substituents is 1. The molecule has 2 rings (SSSR count). The summed E-state index contributed by atoms with van der Waals surface area (Å²) in [6, 6.07) is 15.1. The third-order valence-electron chi connectivity index (χ3n) is 4.03. The van der Waals surface area contributed by atoms with Crippen molar-refractivity contribution in [2.45, 2.75) is 6.04 Å². The van der Waals surface area contributed by atoms with Crippen LogP contribution in [0.15, 0.2) is 54.6 Å². The molecule has 2 aromatic carbocycles. The maximum atomic E-state index is 12.1. The number of carbonyl (C=O) groups is 2. The van der Waals surface area contributed by atoms with Crippen molar-refractivity contribution < 1.29 is 14.5 Å². The molecule has 27 heavy (non-hydrogen) atoms. The van der Waals surface area contributed by atoms with Crippen molar-refractivity contribution in [3.63, 3.8) is 0 Å². The van der Waals surface area contributed by atoms with Crippen LogP contribution in [0, 0.1) is 10.1 Å². The zero-order valence-corrected chi connectivity index (χ0v) is 15.2. The first-order valence-electron chi connectivity index (χ1n) is 8.39. The summed E-state index contributed by atoms with van der Waals surface area (Å²) in [5.74, 6) is -0.877.